The molecule has 1 N–H and O–H groups in total. The lowest BCUT2D eigenvalue weighted by Crippen LogP contribution is -2.57. The summed E-state index contributed by atoms with van der Waals surface area (Å²) < 4.78 is 5.48. The first kappa shape index (κ1) is 17.6. The lowest BCUT2D eigenvalue weighted by molar-refractivity contribution is -0.153. The molecule has 1 atom stereocenters. The Hall–Kier alpha value is -1.72. The van der Waals surface area contributed by atoms with E-state index in [1.165, 1.54) is 5.01 Å². The van der Waals surface area contributed by atoms with E-state index in [0.29, 0.717) is 6.54 Å². The van der Waals surface area contributed by atoms with Gasteiger partial charge >= 0.3 is 12.1 Å². The number of nitrogens with zero attached hydrogens (tertiary/aromatic N) is 2. The first-order chi connectivity index (χ1) is 10.8. The Balaban J connectivity index is 2.26. The van der Waals surface area contributed by atoms with Crippen LogP contribution in [0.2, 0.25) is 0 Å². The van der Waals surface area contributed by atoms with E-state index in [2.05, 4.69) is 0 Å². The largest absolute Gasteiger partial charge is 0.480 e. The van der Waals surface area contributed by atoms with Crippen LogP contribution in [0, 0.1) is 5.92 Å². The molecule has 23 heavy (non-hydrogen) atoms. The van der Waals surface area contributed by atoms with Gasteiger partial charge in [-0.3, -0.25) is 5.01 Å². The van der Waals surface area contributed by atoms with Gasteiger partial charge in [-0.05, 0) is 46.0 Å². The van der Waals surface area contributed by atoms with E-state index in [9.17, 15) is 14.7 Å². The van der Waals surface area contributed by atoms with Gasteiger partial charge in [0.2, 0.25) is 0 Å². The molecule has 0 unspecified atom stereocenters. The zero-order valence-corrected chi connectivity index (χ0v) is 14.3. The third-order valence-corrected chi connectivity index (χ3v) is 4.27. The Bertz CT molecular complexity index is 464. The van der Waals surface area contributed by atoms with E-state index in [1.807, 2.05) is 6.08 Å². The van der Waals surface area contributed by atoms with Crippen molar-refractivity contribution < 1.29 is 19.4 Å². The Kier molecular flexibility index (Phi) is 5.55. The summed E-state index contributed by atoms with van der Waals surface area (Å²) in [7, 11) is 0. The third-order valence-electron chi connectivity index (χ3n) is 4.27. The van der Waals surface area contributed by atoms with Crippen LogP contribution in [0.5, 0.6) is 0 Å². The maximum atomic E-state index is 12.7. The molecule has 0 aromatic carbocycles. The molecule has 2 aliphatic rings. The van der Waals surface area contributed by atoms with Crippen molar-refractivity contribution in [3.8, 4) is 0 Å². The summed E-state index contributed by atoms with van der Waals surface area (Å²) in [6.45, 7) is 5.98. The molecule has 1 aliphatic carbocycles. The molecule has 1 amide bonds. The highest BCUT2D eigenvalue weighted by atomic mass is 16.6. The Morgan fingerprint density at radius 3 is 2.39 bits per heavy atom. The molecule has 0 spiro atoms. The maximum Gasteiger partial charge on any atom is 0.430 e. The van der Waals surface area contributed by atoms with Gasteiger partial charge in [-0.2, -0.15) is 0 Å². The van der Waals surface area contributed by atoms with E-state index in [-0.39, 0.29) is 5.92 Å². The van der Waals surface area contributed by atoms with Crippen LogP contribution in [0.4, 0.5) is 4.79 Å². The van der Waals surface area contributed by atoms with Crippen LogP contribution in [0.3, 0.4) is 0 Å². The Morgan fingerprint density at radius 2 is 1.91 bits per heavy atom. The summed E-state index contributed by atoms with van der Waals surface area (Å²) in [6.07, 6.45) is 8.80. The van der Waals surface area contributed by atoms with Gasteiger partial charge in [0.15, 0.2) is 6.04 Å². The summed E-state index contributed by atoms with van der Waals surface area (Å²) in [5.41, 5.74) is -0.658. The first-order valence-electron chi connectivity index (χ1n) is 8.48. The topological polar surface area (TPSA) is 70.1 Å². The summed E-state index contributed by atoms with van der Waals surface area (Å²) in [5.74, 6) is -0.981. The van der Waals surface area contributed by atoms with Crippen molar-refractivity contribution in [2.45, 2.75) is 70.9 Å². The van der Waals surface area contributed by atoms with Crippen LogP contribution in [-0.4, -0.2) is 45.4 Å². The quantitative estimate of drug-likeness (QED) is 0.858. The second kappa shape index (κ2) is 7.23. The molecule has 1 fully saturated rings. The summed E-state index contributed by atoms with van der Waals surface area (Å²) >= 11 is 0. The van der Waals surface area contributed by atoms with E-state index < -0.39 is 23.7 Å². The lowest BCUT2D eigenvalue weighted by Gasteiger charge is -2.41. The molecule has 6 heteroatoms. The van der Waals surface area contributed by atoms with E-state index in [4.69, 9.17) is 4.74 Å². The molecule has 1 heterocycles. The Morgan fingerprint density at radius 1 is 1.26 bits per heavy atom. The summed E-state index contributed by atoms with van der Waals surface area (Å²) in [5, 5.41) is 12.8. The van der Waals surface area contributed by atoms with Gasteiger partial charge in [0.1, 0.15) is 5.60 Å². The van der Waals surface area contributed by atoms with Crippen molar-refractivity contribution in [1.82, 2.24) is 10.0 Å². The van der Waals surface area contributed by atoms with Crippen LogP contribution >= 0.6 is 0 Å². The molecule has 0 radical (unpaired) electrons. The minimum atomic E-state index is -0.956. The number of aliphatic carboxylic acids is 1. The normalized spacial score (nSPS) is 20.4. The van der Waals surface area contributed by atoms with Crippen molar-refractivity contribution in [3.05, 3.63) is 12.3 Å². The molecule has 130 valence electrons. The molecule has 1 aliphatic heterocycles. The smallest absolute Gasteiger partial charge is 0.430 e. The third kappa shape index (κ3) is 4.62. The summed E-state index contributed by atoms with van der Waals surface area (Å²) in [4.78, 5) is 24.7. The molecule has 0 bridgehead atoms. The van der Waals surface area contributed by atoms with Crippen LogP contribution in [0.25, 0.3) is 0 Å². The highest BCUT2D eigenvalue weighted by molar-refractivity contribution is 5.80. The van der Waals surface area contributed by atoms with Gasteiger partial charge in [0.25, 0.3) is 0 Å². The van der Waals surface area contributed by atoms with Gasteiger partial charge in [-0.1, -0.05) is 25.3 Å². The van der Waals surface area contributed by atoms with Crippen LogP contribution in [-0.2, 0) is 9.53 Å². The number of hydrazine groups is 1. The number of ether oxygens (including phenoxy) is 1. The highest BCUT2D eigenvalue weighted by Gasteiger charge is 2.42. The number of amides is 1. The van der Waals surface area contributed by atoms with Crippen molar-refractivity contribution in [3.63, 3.8) is 0 Å². The molecule has 6 nitrogen and oxygen atoms in total. The number of carboxylic acid groups (broad SMARTS) is 1. The van der Waals surface area contributed by atoms with Crippen molar-refractivity contribution in [1.29, 1.82) is 0 Å². The van der Waals surface area contributed by atoms with Gasteiger partial charge in [0, 0.05) is 12.7 Å². The van der Waals surface area contributed by atoms with Crippen LogP contribution in [0.1, 0.15) is 59.3 Å². The average Bonchev–Trinajstić information content (AvgIpc) is 2.96. The molecule has 0 aromatic heterocycles. The lowest BCUT2D eigenvalue weighted by atomic mass is 9.83. The Labute approximate surface area is 138 Å². The molecule has 1 saturated carbocycles. The SMILES string of the molecule is CC(C)(C)OC(=O)N([C@@H](C(=O)O)C1CCCCC1)N1C=CCC1. The fourth-order valence-electron chi connectivity index (χ4n) is 3.30. The first-order valence-corrected chi connectivity index (χ1v) is 8.48. The number of carboxylic acids is 1. The predicted molar refractivity (Wildman–Crippen MR) is 86.5 cm³/mol. The van der Waals surface area contributed by atoms with Crippen molar-refractivity contribution >= 4 is 12.1 Å². The second-order valence-electron chi connectivity index (χ2n) is 7.34. The van der Waals surface area contributed by atoms with Gasteiger partial charge in [-0.25, -0.2) is 14.6 Å². The fourth-order valence-corrected chi connectivity index (χ4v) is 3.30. The second-order valence-corrected chi connectivity index (χ2v) is 7.34. The minimum Gasteiger partial charge on any atom is -0.480 e. The summed E-state index contributed by atoms with van der Waals surface area (Å²) in [6, 6.07) is -0.868. The molecule has 0 saturated heterocycles. The van der Waals surface area contributed by atoms with E-state index in [0.717, 1.165) is 38.5 Å². The van der Waals surface area contributed by atoms with Crippen molar-refractivity contribution in [2.24, 2.45) is 5.92 Å². The molecule has 2 rings (SSSR count). The van der Waals surface area contributed by atoms with Gasteiger partial charge in [-0.15, -0.1) is 0 Å². The average molecular weight is 324 g/mol. The van der Waals surface area contributed by atoms with Crippen LogP contribution < -0.4 is 0 Å². The zero-order chi connectivity index (χ0) is 17.0. The van der Waals surface area contributed by atoms with Gasteiger partial charge in [0.05, 0.1) is 0 Å². The predicted octanol–water partition coefficient (Wildman–Crippen LogP) is 3.39. The number of carbonyl (C=O) groups excluding carboxylic acids is 1. The zero-order valence-electron chi connectivity index (χ0n) is 14.3. The van der Waals surface area contributed by atoms with Crippen LogP contribution in [0.15, 0.2) is 12.3 Å². The monoisotopic (exact) mass is 324 g/mol. The van der Waals surface area contributed by atoms with Crippen molar-refractivity contribution in [2.75, 3.05) is 6.54 Å². The minimum absolute atomic E-state index is 0.0252. The fraction of sp³-hybridized carbons (Fsp3) is 0.765. The van der Waals surface area contributed by atoms with Gasteiger partial charge < -0.3 is 9.84 Å². The molecular weight excluding hydrogens is 296 g/mol. The number of rotatable bonds is 4. The number of carbonyl (C=O) groups is 2. The molecule has 0 aromatic rings. The maximum absolute atomic E-state index is 12.7. The van der Waals surface area contributed by atoms with E-state index >= 15 is 0 Å². The molecular formula is C17H28N2O4. The standard InChI is InChI=1S/C17H28N2O4/c1-17(2,3)23-16(22)19(18-11-7-8-12-18)14(15(20)21)13-9-5-4-6-10-13/h7,11,13-14H,4-6,8-10,12H2,1-3H3,(H,20,21)/t14-/m1/s1. The number of hydrogen-bond acceptors (Lipinski definition) is 4. The van der Waals surface area contributed by atoms with E-state index in [1.54, 1.807) is 32.0 Å². The highest BCUT2D eigenvalue weighted by Crippen LogP contribution is 2.31. The number of hydrogen-bond donors (Lipinski definition) is 1.